The summed E-state index contributed by atoms with van der Waals surface area (Å²) in [5.41, 5.74) is -0.744. The molecule has 0 bridgehead atoms. The summed E-state index contributed by atoms with van der Waals surface area (Å²) in [7, 11) is 2.11. The molecule has 0 N–H and O–H groups in total. The molecule has 20 heavy (non-hydrogen) atoms. The summed E-state index contributed by atoms with van der Waals surface area (Å²) in [4.78, 5) is 17.2. The largest absolute Gasteiger partial charge is 0.338 e. The van der Waals surface area contributed by atoms with Crippen molar-refractivity contribution in [3.8, 4) is 6.07 Å². The summed E-state index contributed by atoms with van der Waals surface area (Å²) in [5, 5.41) is 9.64. The van der Waals surface area contributed by atoms with Crippen molar-refractivity contribution >= 4 is 5.91 Å². The van der Waals surface area contributed by atoms with Gasteiger partial charge in [0.2, 0.25) is 5.91 Å². The molecule has 2 rings (SSSR count). The smallest absolute Gasteiger partial charge is 0.243 e. The second-order valence-electron chi connectivity index (χ2n) is 6.68. The number of nitrogens with zero attached hydrogens (tertiary/aromatic N) is 3. The monoisotopic (exact) mass is 277 g/mol. The number of piperazine rings is 1. The Labute approximate surface area is 122 Å². The lowest BCUT2D eigenvalue weighted by Gasteiger charge is -2.44. The van der Waals surface area contributed by atoms with Crippen LogP contribution in [0.15, 0.2) is 0 Å². The molecule has 1 saturated carbocycles. The summed E-state index contributed by atoms with van der Waals surface area (Å²) in [6.45, 7) is 5.82. The van der Waals surface area contributed by atoms with Crippen molar-refractivity contribution in [1.82, 2.24) is 9.80 Å². The Morgan fingerprint density at radius 2 is 1.60 bits per heavy atom. The maximum atomic E-state index is 12.9. The molecule has 1 saturated heterocycles. The molecule has 4 heteroatoms. The van der Waals surface area contributed by atoms with Crippen LogP contribution in [-0.2, 0) is 4.79 Å². The van der Waals surface area contributed by atoms with E-state index in [0.717, 1.165) is 51.6 Å². The third-order valence-corrected chi connectivity index (χ3v) is 5.23. The van der Waals surface area contributed by atoms with Gasteiger partial charge < -0.3 is 4.90 Å². The van der Waals surface area contributed by atoms with Gasteiger partial charge in [-0.2, -0.15) is 5.26 Å². The van der Waals surface area contributed by atoms with Crippen molar-refractivity contribution in [3.05, 3.63) is 0 Å². The molecule has 0 radical (unpaired) electrons. The van der Waals surface area contributed by atoms with Crippen LogP contribution in [0.1, 0.15) is 52.4 Å². The van der Waals surface area contributed by atoms with E-state index < -0.39 is 5.41 Å². The molecule has 1 aliphatic heterocycles. The molecular weight excluding hydrogens is 250 g/mol. The van der Waals surface area contributed by atoms with Crippen LogP contribution in [0, 0.1) is 16.7 Å². The van der Waals surface area contributed by atoms with Gasteiger partial charge in [0, 0.05) is 25.2 Å². The van der Waals surface area contributed by atoms with Crippen molar-refractivity contribution in [1.29, 1.82) is 5.26 Å². The van der Waals surface area contributed by atoms with Crippen LogP contribution in [-0.4, -0.2) is 47.9 Å². The molecule has 2 fully saturated rings. The van der Waals surface area contributed by atoms with Crippen LogP contribution in [0.25, 0.3) is 0 Å². The highest BCUT2D eigenvalue weighted by Crippen LogP contribution is 2.37. The molecule has 2 atom stereocenters. The van der Waals surface area contributed by atoms with Gasteiger partial charge in [0.05, 0.1) is 6.07 Å². The van der Waals surface area contributed by atoms with Gasteiger partial charge in [-0.3, -0.25) is 9.69 Å². The third kappa shape index (κ3) is 2.83. The van der Waals surface area contributed by atoms with Gasteiger partial charge in [-0.1, -0.05) is 25.7 Å². The van der Waals surface area contributed by atoms with E-state index in [-0.39, 0.29) is 5.91 Å². The Kier molecular flexibility index (Phi) is 4.70. The SMILES string of the molecule is CC1CN(C(=O)C2(C#N)CCCCCC2)CC(C)N1C. The van der Waals surface area contributed by atoms with E-state index in [1.165, 1.54) is 0 Å². The van der Waals surface area contributed by atoms with Crippen LogP contribution in [0.3, 0.4) is 0 Å². The molecule has 2 aliphatic rings. The molecule has 0 aromatic carbocycles. The van der Waals surface area contributed by atoms with E-state index in [4.69, 9.17) is 0 Å². The van der Waals surface area contributed by atoms with Gasteiger partial charge in [0.1, 0.15) is 5.41 Å². The Morgan fingerprint density at radius 3 is 2.05 bits per heavy atom. The van der Waals surface area contributed by atoms with Crippen LogP contribution in [0.4, 0.5) is 0 Å². The fraction of sp³-hybridized carbons (Fsp3) is 0.875. The average molecular weight is 277 g/mol. The summed E-state index contributed by atoms with van der Waals surface area (Å²) in [6, 6.07) is 3.12. The molecule has 0 spiro atoms. The predicted octanol–water partition coefficient (Wildman–Crippen LogP) is 2.40. The van der Waals surface area contributed by atoms with Crippen LogP contribution in [0.2, 0.25) is 0 Å². The molecular formula is C16H27N3O. The van der Waals surface area contributed by atoms with E-state index in [9.17, 15) is 10.1 Å². The number of amides is 1. The zero-order valence-electron chi connectivity index (χ0n) is 13.1. The number of nitriles is 1. The van der Waals surface area contributed by atoms with Gasteiger partial charge in [-0.05, 0) is 33.7 Å². The quantitative estimate of drug-likeness (QED) is 0.691. The lowest BCUT2D eigenvalue weighted by molar-refractivity contribution is -0.143. The van der Waals surface area contributed by atoms with Crippen molar-refractivity contribution in [2.45, 2.75) is 64.5 Å². The third-order valence-electron chi connectivity index (χ3n) is 5.23. The Balaban J connectivity index is 2.14. The normalized spacial score (nSPS) is 31.4. The fourth-order valence-corrected chi connectivity index (χ4v) is 3.58. The topological polar surface area (TPSA) is 47.3 Å². The predicted molar refractivity (Wildman–Crippen MR) is 79.0 cm³/mol. The maximum Gasteiger partial charge on any atom is 0.243 e. The number of rotatable bonds is 1. The molecule has 1 heterocycles. The highest BCUT2D eigenvalue weighted by molar-refractivity contribution is 5.85. The Bertz CT molecular complexity index is 381. The molecule has 0 aromatic heterocycles. The highest BCUT2D eigenvalue weighted by atomic mass is 16.2. The number of carbonyl (C=O) groups is 1. The van der Waals surface area contributed by atoms with E-state index in [0.29, 0.717) is 12.1 Å². The molecule has 1 aliphatic carbocycles. The van der Waals surface area contributed by atoms with Gasteiger partial charge in [-0.15, -0.1) is 0 Å². The van der Waals surface area contributed by atoms with E-state index in [1.54, 1.807) is 0 Å². The van der Waals surface area contributed by atoms with Gasteiger partial charge >= 0.3 is 0 Å². The highest BCUT2D eigenvalue weighted by Gasteiger charge is 2.43. The van der Waals surface area contributed by atoms with E-state index in [2.05, 4.69) is 31.9 Å². The molecule has 2 unspecified atom stereocenters. The molecule has 0 aromatic rings. The van der Waals surface area contributed by atoms with E-state index >= 15 is 0 Å². The van der Waals surface area contributed by atoms with Crippen molar-refractivity contribution in [2.75, 3.05) is 20.1 Å². The summed E-state index contributed by atoms with van der Waals surface area (Å²) in [6.07, 6.45) is 5.84. The summed E-state index contributed by atoms with van der Waals surface area (Å²) < 4.78 is 0. The van der Waals surface area contributed by atoms with E-state index in [1.807, 2.05) is 4.90 Å². The number of likely N-dealkylation sites (N-methyl/N-ethyl adjacent to an activating group) is 1. The molecule has 1 amide bonds. The lowest BCUT2D eigenvalue weighted by Crippen LogP contribution is -2.59. The standard InChI is InChI=1S/C16H27N3O/c1-13-10-19(11-14(2)18(13)3)15(20)16(12-17)8-6-4-5-7-9-16/h13-14H,4-11H2,1-3H3. The van der Waals surface area contributed by atoms with Crippen LogP contribution in [0.5, 0.6) is 0 Å². The minimum absolute atomic E-state index is 0.0914. The second-order valence-corrected chi connectivity index (χ2v) is 6.68. The Morgan fingerprint density at radius 1 is 1.10 bits per heavy atom. The average Bonchev–Trinajstić information content (AvgIpc) is 2.69. The summed E-state index contributed by atoms with van der Waals surface area (Å²) >= 11 is 0. The fourth-order valence-electron chi connectivity index (χ4n) is 3.58. The van der Waals surface area contributed by atoms with Crippen LogP contribution < -0.4 is 0 Å². The number of hydrogen-bond acceptors (Lipinski definition) is 3. The number of carbonyl (C=O) groups excluding carboxylic acids is 1. The second kappa shape index (κ2) is 6.13. The first-order chi connectivity index (χ1) is 9.50. The minimum Gasteiger partial charge on any atom is -0.338 e. The number of hydrogen-bond donors (Lipinski definition) is 0. The van der Waals surface area contributed by atoms with Crippen molar-refractivity contribution in [2.24, 2.45) is 5.41 Å². The Hall–Kier alpha value is -1.08. The van der Waals surface area contributed by atoms with Gasteiger partial charge in [0.25, 0.3) is 0 Å². The molecule has 4 nitrogen and oxygen atoms in total. The first-order valence-electron chi connectivity index (χ1n) is 7.93. The molecule has 112 valence electrons. The zero-order chi connectivity index (χ0) is 14.8. The van der Waals surface area contributed by atoms with Gasteiger partial charge in [-0.25, -0.2) is 0 Å². The maximum absolute atomic E-state index is 12.9. The van der Waals surface area contributed by atoms with Gasteiger partial charge in [0.15, 0.2) is 0 Å². The van der Waals surface area contributed by atoms with Crippen LogP contribution >= 0.6 is 0 Å². The van der Waals surface area contributed by atoms with Crippen molar-refractivity contribution < 1.29 is 4.79 Å². The first kappa shape index (κ1) is 15.3. The van der Waals surface area contributed by atoms with Crippen molar-refractivity contribution in [3.63, 3.8) is 0 Å². The lowest BCUT2D eigenvalue weighted by atomic mass is 9.80. The zero-order valence-corrected chi connectivity index (χ0v) is 13.1. The summed E-state index contributed by atoms with van der Waals surface area (Å²) in [5.74, 6) is 0.0914. The minimum atomic E-state index is -0.744. The first-order valence-corrected chi connectivity index (χ1v) is 7.93.